The Balaban J connectivity index is 3.15. The Labute approximate surface area is 93.2 Å². The van der Waals surface area contributed by atoms with Crippen molar-refractivity contribution in [2.75, 3.05) is 0 Å². The van der Waals surface area contributed by atoms with E-state index in [-0.39, 0.29) is 6.04 Å². The summed E-state index contributed by atoms with van der Waals surface area (Å²) in [5.74, 6) is 0. The van der Waals surface area contributed by atoms with Crippen molar-refractivity contribution in [1.82, 2.24) is 0 Å². The fourth-order valence-corrected chi connectivity index (χ4v) is 1.87. The standard InChI is InChI=1S/C11H14IN/c1-7(2)11(13)9-6-4-5-8(3)10(9)12/h4-6,11H,1,13H2,2-3H3. The molecule has 0 saturated heterocycles. The van der Waals surface area contributed by atoms with E-state index in [1.165, 1.54) is 14.7 Å². The van der Waals surface area contributed by atoms with Gasteiger partial charge in [-0.05, 0) is 47.6 Å². The molecule has 0 fully saturated rings. The molecule has 70 valence electrons. The number of rotatable bonds is 2. The molecule has 2 heteroatoms. The maximum absolute atomic E-state index is 6.00. The van der Waals surface area contributed by atoms with Crippen molar-refractivity contribution in [3.8, 4) is 0 Å². The Morgan fingerprint density at radius 3 is 2.69 bits per heavy atom. The van der Waals surface area contributed by atoms with Crippen LogP contribution in [0.25, 0.3) is 0 Å². The van der Waals surface area contributed by atoms with E-state index < -0.39 is 0 Å². The number of nitrogens with two attached hydrogens (primary N) is 1. The van der Waals surface area contributed by atoms with Gasteiger partial charge >= 0.3 is 0 Å². The summed E-state index contributed by atoms with van der Waals surface area (Å²) in [7, 11) is 0. The molecule has 0 radical (unpaired) electrons. The van der Waals surface area contributed by atoms with Gasteiger partial charge in [0.05, 0.1) is 6.04 Å². The second kappa shape index (κ2) is 4.24. The zero-order valence-electron chi connectivity index (χ0n) is 7.97. The Morgan fingerprint density at radius 1 is 1.54 bits per heavy atom. The molecule has 0 aliphatic rings. The summed E-state index contributed by atoms with van der Waals surface area (Å²) < 4.78 is 1.25. The SMILES string of the molecule is C=C(C)C(N)c1cccc(C)c1I. The summed E-state index contributed by atoms with van der Waals surface area (Å²) in [6, 6.07) is 6.16. The van der Waals surface area contributed by atoms with Crippen molar-refractivity contribution in [1.29, 1.82) is 0 Å². The van der Waals surface area contributed by atoms with E-state index >= 15 is 0 Å². The van der Waals surface area contributed by atoms with E-state index in [4.69, 9.17) is 5.73 Å². The minimum absolute atomic E-state index is 0.0354. The van der Waals surface area contributed by atoms with Crippen molar-refractivity contribution >= 4 is 22.6 Å². The maximum atomic E-state index is 6.00. The quantitative estimate of drug-likeness (QED) is 0.656. The average molecular weight is 287 g/mol. The smallest absolute Gasteiger partial charge is 0.0516 e. The Kier molecular flexibility index (Phi) is 3.50. The molecule has 0 aliphatic heterocycles. The summed E-state index contributed by atoms with van der Waals surface area (Å²) in [5, 5.41) is 0. The van der Waals surface area contributed by atoms with Crippen molar-refractivity contribution in [3.05, 3.63) is 45.0 Å². The maximum Gasteiger partial charge on any atom is 0.0516 e. The summed E-state index contributed by atoms with van der Waals surface area (Å²) in [4.78, 5) is 0. The Morgan fingerprint density at radius 2 is 2.15 bits per heavy atom. The lowest BCUT2D eigenvalue weighted by atomic mass is 10.0. The van der Waals surface area contributed by atoms with Gasteiger partial charge in [0.25, 0.3) is 0 Å². The van der Waals surface area contributed by atoms with Crippen LogP contribution in [0.3, 0.4) is 0 Å². The predicted octanol–water partition coefficient (Wildman–Crippen LogP) is 3.18. The number of halogens is 1. The lowest BCUT2D eigenvalue weighted by molar-refractivity contribution is 0.843. The van der Waals surface area contributed by atoms with Gasteiger partial charge in [0.15, 0.2) is 0 Å². The van der Waals surface area contributed by atoms with Crippen LogP contribution >= 0.6 is 22.6 Å². The van der Waals surface area contributed by atoms with Crippen LogP contribution in [0.5, 0.6) is 0 Å². The van der Waals surface area contributed by atoms with Crippen molar-refractivity contribution < 1.29 is 0 Å². The van der Waals surface area contributed by atoms with Crippen LogP contribution in [0, 0.1) is 10.5 Å². The van der Waals surface area contributed by atoms with Gasteiger partial charge < -0.3 is 5.73 Å². The normalized spacial score (nSPS) is 12.6. The third-order valence-corrected chi connectivity index (χ3v) is 3.56. The molecular formula is C11H14IN. The van der Waals surface area contributed by atoms with Crippen LogP contribution in [0.2, 0.25) is 0 Å². The van der Waals surface area contributed by atoms with Gasteiger partial charge in [0, 0.05) is 3.57 Å². The second-order valence-corrected chi connectivity index (χ2v) is 4.38. The van der Waals surface area contributed by atoms with Crippen molar-refractivity contribution in [2.45, 2.75) is 19.9 Å². The molecule has 0 heterocycles. The zero-order chi connectivity index (χ0) is 10.0. The highest BCUT2D eigenvalue weighted by Crippen LogP contribution is 2.24. The van der Waals surface area contributed by atoms with Gasteiger partial charge in [-0.15, -0.1) is 0 Å². The summed E-state index contributed by atoms with van der Waals surface area (Å²) in [6.07, 6.45) is 0. The third kappa shape index (κ3) is 2.31. The number of hydrogen-bond acceptors (Lipinski definition) is 1. The van der Waals surface area contributed by atoms with Crippen LogP contribution in [0.4, 0.5) is 0 Å². The van der Waals surface area contributed by atoms with Crippen LogP contribution in [-0.4, -0.2) is 0 Å². The van der Waals surface area contributed by atoms with E-state index in [0.29, 0.717) is 0 Å². The van der Waals surface area contributed by atoms with Gasteiger partial charge in [-0.2, -0.15) is 0 Å². The average Bonchev–Trinajstić information content (AvgIpc) is 2.08. The molecule has 2 N–H and O–H groups in total. The van der Waals surface area contributed by atoms with Crippen molar-refractivity contribution in [2.24, 2.45) is 5.73 Å². The molecule has 0 saturated carbocycles. The topological polar surface area (TPSA) is 26.0 Å². The lowest BCUT2D eigenvalue weighted by Crippen LogP contribution is -2.12. The highest BCUT2D eigenvalue weighted by atomic mass is 127. The first-order valence-electron chi connectivity index (χ1n) is 4.20. The van der Waals surface area contributed by atoms with Crippen molar-refractivity contribution in [3.63, 3.8) is 0 Å². The first-order chi connectivity index (χ1) is 6.04. The van der Waals surface area contributed by atoms with Crippen LogP contribution < -0.4 is 5.73 Å². The predicted molar refractivity (Wildman–Crippen MR) is 65.6 cm³/mol. The van der Waals surface area contributed by atoms with Gasteiger partial charge in [0.1, 0.15) is 0 Å². The van der Waals surface area contributed by atoms with Crippen LogP contribution in [0.1, 0.15) is 24.1 Å². The molecule has 1 atom stereocenters. The molecule has 1 aromatic carbocycles. The first-order valence-corrected chi connectivity index (χ1v) is 5.28. The molecule has 0 bridgehead atoms. The molecular weight excluding hydrogens is 273 g/mol. The van der Waals surface area contributed by atoms with E-state index in [2.05, 4.69) is 48.2 Å². The molecule has 1 aromatic rings. The Bertz CT molecular complexity index is 331. The third-order valence-electron chi connectivity index (χ3n) is 2.09. The molecule has 0 spiro atoms. The second-order valence-electron chi connectivity index (χ2n) is 3.30. The lowest BCUT2D eigenvalue weighted by Gasteiger charge is -2.14. The van der Waals surface area contributed by atoms with Gasteiger partial charge in [-0.3, -0.25) is 0 Å². The molecule has 13 heavy (non-hydrogen) atoms. The largest absolute Gasteiger partial charge is 0.321 e. The van der Waals surface area contributed by atoms with E-state index in [1.807, 2.05) is 13.0 Å². The molecule has 0 amide bonds. The fourth-order valence-electron chi connectivity index (χ4n) is 1.18. The van der Waals surface area contributed by atoms with Gasteiger partial charge in [0.2, 0.25) is 0 Å². The molecule has 1 nitrogen and oxygen atoms in total. The molecule has 0 aliphatic carbocycles. The minimum Gasteiger partial charge on any atom is -0.321 e. The Hall–Kier alpha value is -0.350. The summed E-state index contributed by atoms with van der Waals surface area (Å²) in [5.41, 5.74) is 9.45. The zero-order valence-corrected chi connectivity index (χ0v) is 10.1. The number of benzene rings is 1. The molecule has 1 rings (SSSR count). The van der Waals surface area contributed by atoms with E-state index in [9.17, 15) is 0 Å². The molecule has 0 aromatic heterocycles. The van der Waals surface area contributed by atoms with E-state index in [1.54, 1.807) is 0 Å². The highest BCUT2D eigenvalue weighted by molar-refractivity contribution is 14.1. The summed E-state index contributed by atoms with van der Waals surface area (Å²) in [6.45, 7) is 7.93. The van der Waals surface area contributed by atoms with Crippen LogP contribution in [0.15, 0.2) is 30.4 Å². The highest BCUT2D eigenvalue weighted by Gasteiger charge is 2.10. The fraction of sp³-hybridized carbons (Fsp3) is 0.273. The van der Waals surface area contributed by atoms with E-state index in [0.717, 1.165) is 5.57 Å². The van der Waals surface area contributed by atoms with Gasteiger partial charge in [-0.1, -0.05) is 30.4 Å². The van der Waals surface area contributed by atoms with Gasteiger partial charge in [-0.25, -0.2) is 0 Å². The minimum atomic E-state index is -0.0354. The molecule has 1 unspecified atom stereocenters. The summed E-state index contributed by atoms with van der Waals surface area (Å²) >= 11 is 2.33. The number of aryl methyl sites for hydroxylation is 1. The van der Waals surface area contributed by atoms with Crippen LogP contribution in [-0.2, 0) is 0 Å². The monoisotopic (exact) mass is 287 g/mol. The number of hydrogen-bond donors (Lipinski definition) is 1. The first kappa shape index (κ1) is 10.7.